The lowest BCUT2D eigenvalue weighted by Crippen LogP contribution is -2.11. The van der Waals surface area contributed by atoms with Gasteiger partial charge in [0.15, 0.2) is 0 Å². The SMILES string of the molecule is O=C1NCCO1.O=P(O)(O)O. The van der Waals surface area contributed by atoms with Crippen LogP contribution < -0.4 is 5.32 Å². The van der Waals surface area contributed by atoms with Crippen molar-refractivity contribution in [2.75, 3.05) is 13.2 Å². The number of ether oxygens (including phenoxy) is 1. The Kier molecular flexibility index (Phi) is 4.06. The number of hydrogen-bond donors (Lipinski definition) is 4. The first-order valence-corrected chi connectivity index (χ1v) is 4.15. The predicted octanol–water partition coefficient (Wildman–Crippen LogP) is -1.20. The Morgan fingerprint density at radius 2 is 1.91 bits per heavy atom. The molecule has 1 amide bonds. The molecule has 8 heteroatoms. The van der Waals surface area contributed by atoms with Gasteiger partial charge in [-0.05, 0) is 0 Å². The summed E-state index contributed by atoms with van der Waals surface area (Å²) in [7, 11) is -4.64. The third kappa shape index (κ3) is 12.6. The van der Waals surface area contributed by atoms with Crippen LogP contribution in [0.3, 0.4) is 0 Å². The zero-order valence-electron chi connectivity index (χ0n) is 5.43. The smallest absolute Gasteiger partial charge is 0.448 e. The molecule has 0 saturated carbocycles. The molecule has 4 N–H and O–H groups in total. The van der Waals surface area contributed by atoms with Gasteiger partial charge in [0.25, 0.3) is 0 Å². The number of phosphoric acid groups is 1. The summed E-state index contributed by atoms with van der Waals surface area (Å²) in [5.41, 5.74) is 0. The van der Waals surface area contributed by atoms with E-state index in [1.165, 1.54) is 0 Å². The summed E-state index contributed by atoms with van der Waals surface area (Å²) < 4.78 is 13.3. The summed E-state index contributed by atoms with van der Waals surface area (Å²) in [6, 6.07) is 0. The van der Waals surface area contributed by atoms with Crippen LogP contribution in [0.5, 0.6) is 0 Å². The minimum Gasteiger partial charge on any atom is -0.448 e. The van der Waals surface area contributed by atoms with Crippen LogP contribution in [0, 0.1) is 0 Å². The Balaban J connectivity index is 0.000000187. The van der Waals surface area contributed by atoms with E-state index in [1.54, 1.807) is 0 Å². The van der Waals surface area contributed by atoms with E-state index in [0.29, 0.717) is 13.2 Å². The van der Waals surface area contributed by atoms with Crippen LogP contribution in [0.15, 0.2) is 0 Å². The number of alkyl carbamates (subject to hydrolysis) is 1. The zero-order chi connectivity index (χ0) is 8.91. The van der Waals surface area contributed by atoms with Crippen molar-refractivity contribution in [1.29, 1.82) is 0 Å². The average molecular weight is 185 g/mol. The second-order valence-corrected chi connectivity index (χ2v) is 2.60. The lowest BCUT2D eigenvalue weighted by Gasteiger charge is -1.82. The van der Waals surface area contributed by atoms with Gasteiger partial charge >= 0.3 is 13.9 Å². The Morgan fingerprint density at radius 3 is 2.00 bits per heavy atom. The summed E-state index contributed by atoms with van der Waals surface area (Å²) in [5, 5.41) is 2.46. The molecular formula is C3H8NO6P. The molecule has 0 bridgehead atoms. The first-order valence-electron chi connectivity index (χ1n) is 2.58. The molecule has 0 aromatic heterocycles. The highest BCUT2D eigenvalue weighted by Crippen LogP contribution is 2.25. The summed E-state index contributed by atoms with van der Waals surface area (Å²) in [5.74, 6) is 0. The molecule has 7 nitrogen and oxygen atoms in total. The third-order valence-electron chi connectivity index (χ3n) is 0.605. The summed E-state index contributed by atoms with van der Waals surface area (Å²) in [4.78, 5) is 31.5. The van der Waals surface area contributed by atoms with Gasteiger partial charge in [-0.25, -0.2) is 9.36 Å². The second-order valence-electron chi connectivity index (χ2n) is 1.58. The molecular weight excluding hydrogens is 177 g/mol. The van der Waals surface area contributed by atoms with Gasteiger partial charge in [-0.1, -0.05) is 0 Å². The van der Waals surface area contributed by atoms with Gasteiger partial charge in [-0.3, -0.25) is 0 Å². The summed E-state index contributed by atoms with van der Waals surface area (Å²) >= 11 is 0. The molecule has 0 unspecified atom stereocenters. The maximum atomic E-state index is 9.91. The molecule has 11 heavy (non-hydrogen) atoms. The van der Waals surface area contributed by atoms with E-state index in [-0.39, 0.29) is 6.09 Å². The Hall–Kier alpha value is -0.620. The molecule has 1 saturated heterocycles. The van der Waals surface area contributed by atoms with E-state index in [2.05, 4.69) is 10.1 Å². The Labute approximate surface area is 62.2 Å². The normalized spacial score (nSPS) is 16.1. The van der Waals surface area contributed by atoms with Crippen molar-refractivity contribution in [3.05, 3.63) is 0 Å². The van der Waals surface area contributed by atoms with E-state index in [0.717, 1.165) is 0 Å². The Morgan fingerprint density at radius 1 is 1.45 bits per heavy atom. The fraction of sp³-hybridized carbons (Fsp3) is 0.667. The van der Waals surface area contributed by atoms with Crippen LogP contribution in [-0.4, -0.2) is 33.9 Å². The van der Waals surface area contributed by atoms with Crippen molar-refractivity contribution in [3.8, 4) is 0 Å². The van der Waals surface area contributed by atoms with Crippen molar-refractivity contribution >= 4 is 13.9 Å². The van der Waals surface area contributed by atoms with Crippen molar-refractivity contribution in [1.82, 2.24) is 5.32 Å². The molecule has 0 aromatic rings. The Bertz CT molecular complexity index is 158. The highest BCUT2D eigenvalue weighted by atomic mass is 31.2. The predicted molar refractivity (Wildman–Crippen MR) is 33.6 cm³/mol. The van der Waals surface area contributed by atoms with Gasteiger partial charge in [0.2, 0.25) is 0 Å². The minimum atomic E-state index is -4.64. The lowest BCUT2D eigenvalue weighted by molar-refractivity contribution is 0.178. The second kappa shape index (κ2) is 4.30. The van der Waals surface area contributed by atoms with Gasteiger partial charge in [-0.15, -0.1) is 0 Å². The molecule has 0 radical (unpaired) electrons. The maximum Gasteiger partial charge on any atom is 0.466 e. The highest BCUT2D eigenvalue weighted by molar-refractivity contribution is 7.45. The van der Waals surface area contributed by atoms with E-state index in [1.807, 2.05) is 0 Å². The topological polar surface area (TPSA) is 116 Å². The largest absolute Gasteiger partial charge is 0.466 e. The van der Waals surface area contributed by atoms with Crippen molar-refractivity contribution in [2.24, 2.45) is 0 Å². The number of carbonyl (C=O) groups is 1. The van der Waals surface area contributed by atoms with Crippen LogP contribution in [0.25, 0.3) is 0 Å². The molecule has 0 aliphatic carbocycles. The number of amides is 1. The molecule has 0 atom stereocenters. The molecule has 1 fully saturated rings. The van der Waals surface area contributed by atoms with Crippen LogP contribution >= 0.6 is 7.82 Å². The minimum absolute atomic E-state index is 0.296. The van der Waals surface area contributed by atoms with Crippen molar-refractivity contribution in [2.45, 2.75) is 0 Å². The van der Waals surface area contributed by atoms with Gasteiger partial charge in [-0.2, -0.15) is 0 Å². The van der Waals surface area contributed by atoms with Gasteiger partial charge in [0, 0.05) is 0 Å². The number of hydrogen-bond acceptors (Lipinski definition) is 3. The van der Waals surface area contributed by atoms with E-state index < -0.39 is 7.82 Å². The number of nitrogens with one attached hydrogen (secondary N) is 1. The first kappa shape index (κ1) is 10.4. The van der Waals surface area contributed by atoms with Gasteiger partial charge in [0.05, 0.1) is 6.54 Å². The van der Waals surface area contributed by atoms with Gasteiger partial charge < -0.3 is 24.7 Å². The number of rotatable bonds is 0. The molecule has 1 aliphatic heterocycles. The van der Waals surface area contributed by atoms with Crippen LogP contribution in [0.1, 0.15) is 0 Å². The quantitative estimate of drug-likeness (QED) is 0.352. The molecule has 66 valence electrons. The third-order valence-corrected chi connectivity index (χ3v) is 0.605. The molecule has 1 rings (SSSR count). The van der Waals surface area contributed by atoms with Crippen LogP contribution in [-0.2, 0) is 9.30 Å². The van der Waals surface area contributed by atoms with E-state index in [9.17, 15) is 4.79 Å². The molecule has 0 spiro atoms. The van der Waals surface area contributed by atoms with Crippen molar-refractivity contribution < 1.29 is 28.8 Å². The highest BCUT2D eigenvalue weighted by Gasteiger charge is 2.06. The van der Waals surface area contributed by atoms with Gasteiger partial charge in [0.1, 0.15) is 6.61 Å². The molecule has 1 heterocycles. The fourth-order valence-electron chi connectivity index (χ4n) is 0.348. The average Bonchev–Trinajstić information content (AvgIpc) is 2.12. The number of cyclic esters (lactones) is 1. The van der Waals surface area contributed by atoms with Crippen LogP contribution in [0.2, 0.25) is 0 Å². The van der Waals surface area contributed by atoms with Crippen LogP contribution in [0.4, 0.5) is 4.79 Å². The first-order chi connectivity index (χ1) is 4.89. The van der Waals surface area contributed by atoms with Crippen molar-refractivity contribution in [3.63, 3.8) is 0 Å². The van der Waals surface area contributed by atoms with E-state index >= 15 is 0 Å². The summed E-state index contributed by atoms with van der Waals surface area (Å²) in [6.45, 7) is 1.19. The summed E-state index contributed by atoms with van der Waals surface area (Å²) in [6.07, 6.45) is -0.296. The van der Waals surface area contributed by atoms with E-state index in [4.69, 9.17) is 19.2 Å². The molecule has 1 aliphatic rings. The monoisotopic (exact) mass is 185 g/mol. The molecule has 0 aromatic carbocycles. The zero-order valence-corrected chi connectivity index (χ0v) is 6.32. The number of carbonyl (C=O) groups excluding carboxylic acids is 1. The lowest BCUT2D eigenvalue weighted by atomic mass is 10.7. The fourth-order valence-corrected chi connectivity index (χ4v) is 0.348. The standard InChI is InChI=1S/C3H5NO2.H3O4P/c5-3-4-1-2-6-3;1-5(2,3)4/h1-2H2,(H,4,5);(H3,1,2,3,4). The maximum absolute atomic E-state index is 9.91.